The van der Waals surface area contributed by atoms with E-state index in [1.807, 2.05) is 0 Å². The number of benzene rings is 3. The maximum atomic E-state index is 2.78. The standard InChI is InChI=1S/C61H95Si.3ClH.Ti/c1-8-15-21-27-34-51-42-52(35-28-22-16-9-2)46-58(45-51)62(61-41-33-40-57(61)14-7,59-47-53(36-29-23-17-10-3)43-54(48-59)37-30-24-18-11-4)60-49-55(38-31-25-19-12-5)44-56(50-60)39-32-26-20-13-6;;;;/h33,40-50H,8-32,34-39H2,1-7H3;3*1H;/q-1;;;;+4/p-3. The number of halogens is 3. The Kier molecular flexibility index (Phi) is 37.9. The van der Waals surface area contributed by atoms with Crippen molar-refractivity contribution in [3.8, 4) is 0 Å². The summed E-state index contributed by atoms with van der Waals surface area (Å²) in [5.74, 6) is 0. The van der Waals surface area contributed by atoms with Gasteiger partial charge >= 0.3 is 21.7 Å². The largest absolute Gasteiger partial charge is 4.00 e. The van der Waals surface area contributed by atoms with Gasteiger partial charge < -0.3 is 37.2 Å². The first-order chi connectivity index (χ1) is 30.5. The van der Waals surface area contributed by atoms with Crippen molar-refractivity contribution in [2.45, 2.75) is 248 Å². The summed E-state index contributed by atoms with van der Waals surface area (Å²) in [6.07, 6.45) is 39.8. The number of hydrogen-bond acceptors (Lipinski definition) is 0. The third kappa shape index (κ3) is 21.0. The molecule has 0 amide bonds. The molecule has 0 spiro atoms. The molecule has 4 aromatic rings. The van der Waals surface area contributed by atoms with Crippen molar-refractivity contribution in [3.05, 3.63) is 112 Å². The van der Waals surface area contributed by atoms with Gasteiger partial charge in [0, 0.05) is 0 Å². The molecule has 0 fully saturated rings. The fourth-order valence-corrected chi connectivity index (χ4v) is 15.9. The molecule has 0 bridgehead atoms. The summed E-state index contributed by atoms with van der Waals surface area (Å²) >= 11 is 0. The minimum atomic E-state index is -2.83. The van der Waals surface area contributed by atoms with Crippen LogP contribution < -0.4 is 58.0 Å². The molecule has 0 aliphatic rings. The molecule has 0 aliphatic carbocycles. The molecule has 0 unspecified atom stereocenters. The van der Waals surface area contributed by atoms with Crippen LogP contribution in [0.3, 0.4) is 0 Å². The quantitative estimate of drug-likeness (QED) is 0.0200. The van der Waals surface area contributed by atoms with Crippen molar-refractivity contribution in [1.82, 2.24) is 0 Å². The zero-order valence-electron chi connectivity index (χ0n) is 43.5. The fourth-order valence-electron chi connectivity index (χ4n) is 10.4. The molecule has 0 nitrogen and oxygen atoms in total. The van der Waals surface area contributed by atoms with E-state index in [0.29, 0.717) is 0 Å². The molecule has 0 aliphatic heterocycles. The van der Waals surface area contributed by atoms with Gasteiger partial charge in [0.1, 0.15) is 8.07 Å². The van der Waals surface area contributed by atoms with Crippen molar-refractivity contribution in [1.29, 1.82) is 0 Å². The van der Waals surface area contributed by atoms with Crippen LogP contribution in [0.15, 0.2) is 72.8 Å². The van der Waals surface area contributed by atoms with E-state index in [9.17, 15) is 0 Å². The molecule has 4 rings (SSSR count). The first kappa shape index (κ1) is 64.8. The Labute approximate surface area is 443 Å². The Bertz CT molecular complexity index is 1530. The number of unbranched alkanes of at least 4 members (excludes halogenated alkanes) is 18. The van der Waals surface area contributed by atoms with E-state index in [4.69, 9.17) is 0 Å². The van der Waals surface area contributed by atoms with Crippen LogP contribution in [0.2, 0.25) is 0 Å². The van der Waals surface area contributed by atoms with Gasteiger partial charge in [-0.25, -0.2) is 12.1 Å². The first-order valence-electron chi connectivity index (χ1n) is 27.1. The summed E-state index contributed by atoms with van der Waals surface area (Å²) in [5.41, 5.74) is 11.1. The predicted octanol–water partition coefficient (Wildman–Crippen LogP) is 7.09. The van der Waals surface area contributed by atoms with Crippen LogP contribution in [0.5, 0.6) is 0 Å². The van der Waals surface area contributed by atoms with Crippen molar-refractivity contribution in [3.63, 3.8) is 0 Å². The predicted molar refractivity (Wildman–Crippen MR) is 282 cm³/mol. The second-order valence-electron chi connectivity index (χ2n) is 19.5. The fraction of sp³-hybridized carbons (Fsp3) is 0.623. The van der Waals surface area contributed by atoms with Gasteiger partial charge in [0.05, 0.1) is 0 Å². The minimum absolute atomic E-state index is 0. The second-order valence-corrected chi connectivity index (χ2v) is 23.3. The summed E-state index contributed by atoms with van der Waals surface area (Å²) in [7, 11) is -2.83. The number of hydrogen-bond donors (Lipinski definition) is 0. The van der Waals surface area contributed by atoms with Crippen LogP contribution in [0.25, 0.3) is 0 Å². The molecular formula is C61H95Cl3SiTi. The van der Waals surface area contributed by atoms with Crippen molar-refractivity contribution in [2.75, 3.05) is 0 Å². The third-order valence-electron chi connectivity index (χ3n) is 14.1. The zero-order chi connectivity index (χ0) is 44.3. The van der Waals surface area contributed by atoms with Gasteiger partial charge in [-0.05, 0) is 110 Å². The van der Waals surface area contributed by atoms with E-state index >= 15 is 0 Å². The molecule has 0 saturated heterocycles. The van der Waals surface area contributed by atoms with Crippen LogP contribution in [0.1, 0.15) is 242 Å². The van der Waals surface area contributed by atoms with Crippen molar-refractivity contribution < 1.29 is 58.9 Å². The zero-order valence-corrected chi connectivity index (χ0v) is 48.3. The Morgan fingerprint density at radius 2 is 0.576 bits per heavy atom. The Morgan fingerprint density at radius 3 is 0.788 bits per heavy atom. The van der Waals surface area contributed by atoms with Gasteiger partial charge in [-0.1, -0.05) is 241 Å². The maximum absolute atomic E-state index is 2.83. The molecule has 368 valence electrons. The third-order valence-corrected chi connectivity index (χ3v) is 18.8. The van der Waals surface area contributed by atoms with Crippen LogP contribution in [-0.2, 0) is 66.7 Å². The average molecular weight is 1010 g/mol. The van der Waals surface area contributed by atoms with Gasteiger partial charge in [0.25, 0.3) is 0 Å². The second kappa shape index (κ2) is 38.6. The molecule has 4 aromatic carbocycles. The van der Waals surface area contributed by atoms with E-state index in [0.717, 1.165) is 6.42 Å². The molecule has 5 heteroatoms. The minimum Gasteiger partial charge on any atom is -1.00 e. The topological polar surface area (TPSA) is 0 Å². The van der Waals surface area contributed by atoms with Crippen LogP contribution in [0.4, 0.5) is 0 Å². The normalized spacial score (nSPS) is 11.1. The molecule has 66 heavy (non-hydrogen) atoms. The van der Waals surface area contributed by atoms with E-state index in [2.05, 4.69) is 121 Å². The average Bonchev–Trinajstić information content (AvgIpc) is 3.77. The molecule has 0 atom stereocenters. The number of aryl methyl sites for hydroxylation is 7. The molecule has 0 heterocycles. The van der Waals surface area contributed by atoms with Gasteiger partial charge in [0.15, 0.2) is 0 Å². The molecule has 0 radical (unpaired) electrons. The smallest absolute Gasteiger partial charge is 1.00 e. The Morgan fingerprint density at radius 1 is 0.333 bits per heavy atom. The summed E-state index contributed by atoms with van der Waals surface area (Å²) in [6, 6.07) is 32.2. The van der Waals surface area contributed by atoms with Gasteiger partial charge in [-0.3, -0.25) is 0 Å². The molecule has 0 aromatic heterocycles. The molecule has 0 saturated carbocycles. The summed E-state index contributed by atoms with van der Waals surface area (Å²) in [6.45, 7) is 16.5. The Hall–Kier alpha value is -1.19. The van der Waals surface area contributed by atoms with Crippen LogP contribution in [0, 0.1) is 0 Å². The monoisotopic (exact) mass is 1010 g/mol. The van der Waals surface area contributed by atoms with E-state index < -0.39 is 8.07 Å². The van der Waals surface area contributed by atoms with Crippen LogP contribution in [-0.4, -0.2) is 8.07 Å². The van der Waals surface area contributed by atoms with Gasteiger partial charge in [-0.2, -0.15) is 11.6 Å². The van der Waals surface area contributed by atoms with E-state index in [1.54, 1.807) is 59.7 Å². The van der Waals surface area contributed by atoms with Gasteiger partial charge in [-0.15, -0.1) is 5.19 Å². The van der Waals surface area contributed by atoms with Crippen molar-refractivity contribution in [2.24, 2.45) is 0 Å². The SMILES string of the molecule is CCCCCCc1cc(CCCCCC)cc([Si](c2cc(CCCCCC)cc(CCCCCC)c2)(c2cc(CCCCCC)cc(CCCCCC)c2)[c-]2cccc2CC)c1.[Cl-].[Cl-].[Cl-].[Ti+4]. The summed E-state index contributed by atoms with van der Waals surface area (Å²) in [5, 5.41) is 6.66. The molecular weight excluding hydrogens is 915 g/mol. The first-order valence-corrected chi connectivity index (χ1v) is 29.1. The summed E-state index contributed by atoms with van der Waals surface area (Å²) < 4.78 is 0. The van der Waals surface area contributed by atoms with Crippen molar-refractivity contribution >= 4 is 28.8 Å². The molecule has 0 N–H and O–H groups in total. The van der Waals surface area contributed by atoms with E-state index in [1.165, 1.54) is 193 Å². The summed E-state index contributed by atoms with van der Waals surface area (Å²) in [4.78, 5) is 0. The van der Waals surface area contributed by atoms with Crippen LogP contribution >= 0.6 is 0 Å². The van der Waals surface area contributed by atoms with Gasteiger partial charge in [0.2, 0.25) is 0 Å². The Balaban J connectivity index is 0.0000106. The maximum Gasteiger partial charge on any atom is 4.00 e. The number of rotatable bonds is 35. The van der Waals surface area contributed by atoms with E-state index in [-0.39, 0.29) is 58.9 Å².